The van der Waals surface area contributed by atoms with Crippen LogP contribution in [0.25, 0.3) is 0 Å². The molecular weight excluding hydrogens is 356 g/mol. The van der Waals surface area contributed by atoms with Crippen molar-refractivity contribution in [2.45, 2.75) is 78.9 Å². The number of hydrogen-bond donors (Lipinski definition) is 0. The number of fused-ring (bicyclic) bond motifs is 3. The standard InChI is InChI=1S/C23H32O5/c1-7-13(2)21(26)28-23(6)17-10-11-22(5)19(27-15(4)24)9-8-14(3)20(22)16(17)12-18(23)25/h7-8,16-17,19-20H,9-12H2,1-6H3. The van der Waals surface area contributed by atoms with E-state index in [9.17, 15) is 14.4 Å². The predicted molar refractivity (Wildman–Crippen MR) is 105 cm³/mol. The minimum absolute atomic E-state index is 0.00594. The zero-order chi connectivity index (χ0) is 20.9. The maximum absolute atomic E-state index is 13.1. The van der Waals surface area contributed by atoms with E-state index in [1.165, 1.54) is 12.5 Å². The molecule has 0 saturated heterocycles. The molecule has 3 rings (SSSR count). The lowest BCUT2D eigenvalue weighted by Gasteiger charge is -2.54. The van der Waals surface area contributed by atoms with Crippen molar-refractivity contribution in [3.8, 4) is 0 Å². The molecule has 5 heteroatoms. The second kappa shape index (κ2) is 7.16. The highest BCUT2D eigenvalue weighted by Gasteiger charge is 2.63. The molecule has 0 heterocycles. The average Bonchev–Trinajstić information content (AvgIpc) is 2.86. The molecule has 0 aromatic rings. The van der Waals surface area contributed by atoms with Crippen LogP contribution in [0.2, 0.25) is 0 Å². The van der Waals surface area contributed by atoms with E-state index < -0.39 is 11.6 Å². The van der Waals surface area contributed by atoms with Crippen molar-refractivity contribution in [3.05, 3.63) is 23.3 Å². The van der Waals surface area contributed by atoms with E-state index in [0.717, 1.165) is 19.3 Å². The molecule has 0 N–H and O–H groups in total. The van der Waals surface area contributed by atoms with Crippen LogP contribution in [0.5, 0.6) is 0 Å². The highest BCUT2D eigenvalue weighted by atomic mass is 16.6. The molecule has 0 spiro atoms. The number of esters is 2. The normalized spacial score (nSPS) is 40.3. The molecule has 0 radical (unpaired) electrons. The zero-order valence-electron chi connectivity index (χ0n) is 17.8. The Kier molecular flexibility index (Phi) is 5.32. The van der Waals surface area contributed by atoms with Crippen molar-refractivity contribution in [2.24, 2.45) is 23.2 Å². The minimum atomic E-state index is -1.08. The summed E-state index contributed by atoms with van der Waals surface area (Å²) in [6.07, 6.45) is 6.43. The van der Waals surface area contributed by atoms with Crippen molar-refractivity contribution in [2.75, 3.05) is 0 Å². The van der Waals surface area contributed by atoms with Gasteiger partial charge in [-0.2, -0.15) is 0 Å². The number of rotatable bonds is 3. The van der Waals surface area contributed by atoms with Crippen molar-refractivity contribution in [1.29, 1.82) is 0 Å². The molecule has 0 aromatic heterocycles. The average molecular weight is 389 g/mol. The number of hydrogen-bond acceptors (Lipinski definition) is 5. The summed E-state index contributed by atoms with van der Waals surface area (Å²) in [6.45, 7) is 11.0. The third-order valence-electron chi connectivity index (χ3n) is 7.58. The summed E-state index contributed by atoms with van der Waals surface area (Å²) in [6, 6.07) is 0. The van der Waals surface area contributed by atoms with Gasteiger partial charge in [0.2, 0.25) is 0 Å². The maximum atomic E-state index is 13.1. The smallest absolute Gasteiger partial charge is 0.334 e. The molecule has 154 valence electrons. The van der Waals surface area contributed by atoms with E-state index in [-0.39, 0.29) is 41.0 Å². The lowest BCUT2D eigenvalue weighted by molar-refractivity contribution is -0.172. The first-order chi connectivity index (χ1) is 13.0. The Balaban J connectivity index is 1.93. The van der Waals surface area contributed by atoms with Gasteiger partial charge in [0, 0.05) is 36.7 Å². The lowest BCUT2D eigenvalue weighted by Crippen LogP contribution is -2.53. The van der Waals surface area contributed by atoms with Gasteiger partial charge in [0.15, 0.2) is 11.4 Å². The van der Waals surface area contributed by atoms with Crippen molar-refractivity contribution >= 4 is 17.7 Å². The molecule has 6 unspecified atom stereocenters. The summed E-state index contributed by atoms with van der Waals surface area (Å²) in [7, 11) is 0. The van der Waals surface area contributed by atoms with Crippen LogP contribution in [-0.2, 0) is 23.9 Å². The largest absolute Gasteiger partial charge is 0.462 e. The molecule has 3 aliphatic carbocycles. The van der Waals surface area contributed by atoms with Crippen LogP contribution in [0, 0.1) is 23.2 Å². The van der Waals surface area contributed by atoms with Gasteiger partial charge in [0.25, 0.3) is 0 Å². The summed E-state index contributed by atoms with van der Waals surface area (Å²) < 4.78 is 11.5. The fraction of sp³-hybridized carbons (Fsp3) is 0.696. The molecule has 0 amide bonds. The van der Waals surface area contributed by atoms with Crippen LogP contribution < -0.4 is 0 Å². The quantitative estimate of drug-likeness (QED) is 0.412. The molecule has 0 aliphatic heterocycles. The Bertz CT molecular complexity index is 763. The first-order valence-electron chi connectivity index (χ1n) is 10.3. The van der Waals surface area contributed by atoms with E-state index in [2.05, 4.69) is 19.9 Å². The summed E-state index contributed by atoms with van der Waals surface area (Å²) in [4.78, 5) is 37.1. The second-order valence-corrected chi connectivity index (χ2v) is 9.17. The van der Waals surface area contributed by atoms with Gasteiger partial charge < -0.3 is 9.47 Å². The number of Topliss-reactive ketones (excluding diaryl/α,β-unsaturated/α-hetero) is 1. The van der Waals surface area contributed by atoms with Gasteiger partial charge in [0.1, 0.15) is 6.10 Å². The fourth-order valence-corrected chi connectivity index (χ4v) is 5.94. The Hall–Kier alpha value is -1.91. The van der Waals surface area contributed by atoms with Crippen LogP contribution in [0.15, 0.2) is 23.3 Å². The number of ether oxygens (including phenoxy) is 2. The van der Waals surface area contributed by atoms with Crippen molar-refractivity contribution < 1.29 is 23.9 Å². The van der Waals surface area contributed by atoms with Gasteiger partial charge >= 0.3 is 11.9 Å². The Labute approximate surface area is 167 Å². The third kappa shape index (κ3) is 3.13. The lowest BCUT2D eigenvalue weighted by atomic mass is 9.52. The van der Waals surface area contributed by atoms with E-state index in [4.69, 9.17) is 9.47 Å². The molecule has 2 saturated carbocycles. The van der Waals surface area contributed by atoms with Gasteiger partial charge in [-0.05, 0) is 52.4 Å². The summed E-state index contributed by atoms with van der Waals surface area (Å²) in [5.41, 5.74) is 0.498. The van der Waals surface area contributed by atoms with Crippen LogP contribution >= 0.6 is 0 Å². The third-order valence-corrected chi connectivity index (χ3v) is 7.58. The number of carbonyl (C=O) groups excluding carboxylic acids is 3. The van der Waals surface area contributed by atoms with E-state index >= 15 is 0 Å². The first kappa shape index (κ1) is 20.8. The highest BCUT2D eigenvalue weighted by Crippen LogP contribution is 2.61. The minimum Gasteiger partial charge on any atom is -0.462 e. The van der Waals surface area contributed by atoms with Gasteiger partial charge in [0.05, 0.1) is 0 Å². The summed E-state index contributed by atoms with van der Waals surface area (Å²) >= 11 is 0. The van der Waals surface area contributed by atoms with Gasteiger partial charge in [-0.3, -0.25) is 9.59 Å². The SMILES string of the molecule is CC=C(C)C(=O)OC1(C)C(=O)CC2C1CCC1(C)C(OC(C)=O)CC=C(C)C21. The zero-order valence-corrected chi connectivity index (χ0v) is 17.8. The van der Waals surface area contributed by atoms with E-state index in [0.29, 0.717) is 12.0 Å². The summed E-state index contributed by atoms with van der Waals surface area (Å²) in [5, 5.41) is 0. The van der Waals surface area contributed by atoms with Crippen molar-refractivity contribution in [3.63, 3.8) is 0 Å². The first-order valence-corrected chi connectivity index (χ1v) is 10.3. The van der Waals surface area contributed by atoms with Crippen LogP contribution in [0.1, 0.15) is 67.2 Å². The van der Waals surface area contributed by atoms with Crippen LogP contribution in [-0.4, -0.2) is 29.4 Å². The maximum Gasteiger partial charge on any atom is 0.334 e. The predicted octanol–water partition coefficient (Wildman–Crippen LogP) is 4.16. The molecule has 0 bridgehead atoms. The van der Waals surface area contributed by atoms with Gasteiger partial charge in [-0.1, -0.05) is 24.6 Å². The van der Waals surface area contributed by atoms with E-state index in [1.807, 2.05) is 0 Å². The Morgan fingerprint density at radius 2 is 1.93 bits per heavy atom. The Morgan fingerprint density at radius 1 is 1.25 bits per heavy atom. The molecule has 28 heavy (non-hydrogen) atoms. The molecule has 6 atom stereocenters. The molecule has 2 fully saturated rings. The Morgan fingerprint density at radius 3 is 2.54 bits per heavy atom. The topological polar surface area (TPSA) is 69.7 Å². The van der Waals surface area contributed by atoms with E-state index in [1.54, 1.807) is 26.8 Å². The number of allylic oxidation sites excluding steroid dienone is 2. The molecule has 3 aliphatic rings. The summed E-state index contributed by atoms with van der Waals surface area (Å²) in [5.74, 6) is -0.428. The van der Waals surface area contributed by atoms with Crippen LogP contribution in [0.4, 0.5) is 0 Å². The fourth-order valence-electron chi connectivity index (χ4n) is 5.94. The number of carbonyl (C=O) groups is 3. The highest BCUT2D eigenvalue weighted by molar-refractivity contribution is 5.95. The van der Waals surface area contributed by atoms with Gasteiger partial charge in [-0.15, -0.1) is 0 Å². The van der Waals surface area contributed by atoms with Crippen LogP contribution in [0.3, 0.4) is 0 Å². The molecule has 0 aromatic carbocycles. The second-order valence-electron chi connectivity index (χ2n) is 9.17. The monoisotopic (exact) mass is 388 g/mol. The number of ketones is 1. The van der Waals surface area contributed by atoms with Crippen molar-refractivity contribution in [1.82, 2.24) is 0 Å². The molecule has 5 nitrogen and oxygen atoms in total. The van der Waals surface area contributed by atoms with Gasteiger partial charge in [-0.25, -0.2) is 4.79 Å². The molecular formula is C23H32O5.